The van der Waals surface area contributed by atoms with Crippen molar-refractivity contribution < 1.29 is 0 Å². The van der Waals surface area contributed by atoms with Gasteiger partial charge in [0.05, 0.1) is 5.52 Å². The molecule has 2 rings (SSSR count). The number of hydrogen-bond donors (Lipinski definition) is 1. The van der Waals surface area contributed by atoms with E-state index in [0.717, 1.165) is 18.0 Å². The molecule has 0 amide bonds. The third-order valence-electron chi connectivity index (χ3n) is 2.65. The van der Waals surface area contributed by atoms with E-state index >= 15 is 0 Å². The van der Waals surface area contributed by atoms with E-state index in [-0.39, 0.29) is 0 Å². The molecule has 2 heteroatoms. The van der Waals surface area contributed by atoms with Crippen LogP contribution in [0.5, 0.6) is 0 Å². The molecule has 0 saturated carbocycles. The first kappa shape index (κ1) is 10.9. The average molecular weight is 214 g/mol. The molecule has 1 aromatic heterocycles. The van der Waals surface area contributed by atoms with Crippen LogP contribution in [0, 0.1) is 5.92 Å². The van der Waals surface area contributed by atoms with Gasteiger partial charge >= 0.3 is 0 Å². The standard InChI is InChI=1S/C14H18N2/c1-11(2)7-9-15-13-5-6-14-12(10-13)4-3-8-16-14/h3-6,8,10-11,15H,7,9H2,1-2H3. The summed E-state index contributed by atoms with van der Waals surface area (Å²) in [5, 5.41) is 4.63. The van der Waals surface area contributed by atoms with Gasteiger partial charge in [0.2, 0.25) is 0 Å². The van der Waals surface area contributed by atoms with E-state index < -0.39 is 0 Å². The lowest BCUT2D eigenvalue weighted by Gasteiger charge is -2.08. The van der Waals surface area contributed by atoms with E-state index in [0.29, 0.717) is 0 Å². The minimum atomic E-state index is 0.745. The topological polar surface area (TPSA) is 24.9 Å². The number of nitrogens with one attached hydrogen (secondary N) is 1. The maximum atomic E-state index is 4.30. The van der Waals surface area contributed by atoms with Gasteiger partial charge in [-0.25, -0.2) is 0 Å². The summed E-state index contributed by atoms with van der Waals surface area (Å²) in [5.74, 6) is 0.745. The Balaban J connectivity index is 2.08. The molecule has 1 N–H and O–H groups in total. The lowest BCUT2D eigenvalue weighted by molar-refractivity contribution is 0.607. The molecule has 0 fully saturated rings. The number of anilines is 1. The van der Waals surface area contributed by atoms with E-state index in [1.165, 1.54) is 17.5 Å². The molecule has 0 spiro atoms. The van der Waals surface area contributed by atoms with Crippen molar-refractivity contribution in [3.8, 4) is 0 Å². The first-order valence-electron chi connectivity index (χ1n) is 5.84. The molecule has 0 aliphatic heterocycles. The molecule has 1 heterocycles. The van der Waals surface area contributed by atoms with Crippen molar-refractivity contribution in [2.45, 2.75) is 20.3 Å². The number of benzene rings is 1. The van der Waals surface area contributed by atoms with Crippen molar-refractivity contribution in [1.82, 2.24) is 4.98 Å². The first-order valence-corrected chi connectivity index (χ1v) is 5.84. The van der Waals surface area contributed by atoms with E-state index in [1.54, 1.807) is 0 Å². The second-order valence-corrected chi connectivity index (χ2v) is 4.52. The summed E-state index contributed by atoms with van der Waals surface area (Å²) >= 11 is 0. The zero-order chi connectivity index (χ0) is 11.4. The fourth-order valence-corrected chi connectivity index (χ4v) is 1.69. The highest BCUT2D eigenvalue weighted by atomic mass is 14.9. The molecule has 0 saturated heterocycles. The summed E-state index contributed by atoms with van der Waals surface area (Å²) in [7, 11) is 0. The van der Waals surface area contributed by atoms with E-state index in [2.05, 4.69) is 48.4 Å². The SMILES string of the molecule is CC(C)CCNc1ccc2ncccc2c1. The van der Waals surface area contributed by atoms with Gasteiger partial charge in [0.15, 0.2) is 0 Å². The molecule has 2 aromatic rings. The Morgan fingerprint density at radius 1 is 1.25 bits per heavy atom. The van der Waals surface area contributed by atoms with Crippen LogP contribution in [0.1, 0.15) is 20.3 Å². The van der Waals surface area contributed by atoms with Gasteiger partial charge in [0.25, 0.3) is 0 Å². The van der Waals surface area contributed by atoms with Crippen molar-refractivity contribution in [3.05, 3.63) is 36.5 Å². The second kappa shape index (κ2) is 4.97. The maximum Gasteiger partial charge on any atom is 0.0703 e. The third-order valence-corrected chi connectivity index (χ3v) is 2.65. The molecule has 1 aromatic carbocycles. The van der Waals surface area contributed by atoms with Crippen LogP contribution in [0.25, 0.3) is 10.9 Å². The molecule has 0 atom stereocenters. The zero-order valence-corrected chi connectivity index (χ0v) is 9.90. The Bertz CT molecular complexity index is 463. The van der Waals surface area contributed by atoms with Crippen LogP contribution in [0.2, 0.25) is 0 Å². The smallest absolute Gasteiger partial charge is 0.0703 e. The number of fused-ring (bicyclic) bond motifs is 1. The Labute approximate surface area is 96.7 Å². The number of hydrogen-bond acceptors (Lipinski definition) is 2. The zero-order valence-electron chi connectivity index (χ0n) is 9.90. The van der Waals surface area contributed by atoms with Crippen LogP contribution in [-0.4, -0.2) is 11.5 Å². The molecule has 0 unspecified atom stereocenters. The fraction of sp³-hybridized carbons (Fsp3) is 0.357. The molecule has 16 heavy (non-hydrogen) atoms. The first-order chi connectivity index (χ1) is 7.75. The number of nitrogens with zero attached hydrogens (tertiary/aromatic N) is 1. The molecule has 0 radical (unpaired) electrons. The number of rotatable bonds is 4. The molecule has 0 aliphatic rings. The minimum absolute atomic E-state index is 0.745. The molecule has 0 aliphatic carbocycles. The predicted molar refractivity (Wildman–Crippen MR) is 69.7 cm³/mol. The van der Waals surface area contributed by atoms with Crippen LogP contribution in [0.4, 0.5) is 5.69 Å². The molecular weight excluding hydrogens is 196 g/mol. The monoisotopic (exact) mass is 214 g/mol. The lowest BCUT2D eigenvalue weighted by atomic mass is 10.1. The van der Waals surface area contributed by atoms with E-state index in [9.17, 15) is 0 Å². The largest absolute Gasteiger partial charge is 0.385 e. The van der Waals surface area contributed by atoms with Crippen molar-refractivity contribution in [1.29, 1.82) is 0 Å². The van der Waals surface area contributed by atoms with Gasteiger partial charge in [-0.05, 0) is 36.6 Å². The fourth-order valence-electron chi connectivity index (χ4n) is 1.69. The van der Waals surface area contributed by atoms with Gasteiger partial charge in [-0.15, -0.1) is 0 Å². The van der Waals surface area contributed by atoms with Gasteiger partial charge in [-0.1, -0.05) is 19.9 Å². The van der Waals surface area contributed by atoms with Gasteiger partial charge < -0.3 is 5.32 Å². The highest BCUT2D eigenvalue weighted by molar-refractivity contribution is 5.82. The van der Waals surface area contributed by atoms with Crippen LogP contribution < -0.4 is 5.32 Å². The van der Waals surface area contributed by atoms with Crippen molar-refractivity contribution >= 4 is 16.6 Å². The Hall–Kier alpha value is -1.57. The second-order valence-electron chi connectivity index (χ2n) is 4.52. The summed E-state index contributed by atoms with van der Waals surface area (Å²) in [6.07, 6.45) is 3.03. The van der Waals surface area contributed by atoms with Crippen LogP contribution in [-0.2, 0) is 0 Å². The highest BCUT2D eigenvalue weighted by Gasteiger charge is 1.97. The number of pyridine rings is 1. The van der Waals surface area contributed by atoms with Crippen LogP contribution in [0.3, 0.4) is 0 Å². The van der Waals surface area contributed by atoms with E-state index in [4.69, 9.17) is 0 Å². The third kappa shape index (κ3) is 2.72. The lowest BCUT2D eigenvalue weighted by Crippen LogP contribution is -2.04. The Morgan fingerprint density at radius 2 is 2.12 bits per heavy atom. The molecule has 0 bridgehead atoms. The quantitative estimate of drug-likeness (QED) is 0.839. The summed E-state index contributed by atoms with van der Waals surface area (Å²) in [6, 6.07) is 10.4. The Morgan fingerprint density at radius 3 is 2.94 bits per heavy atom. The van der Waals surface area contributed by atoms with Crippen molar-refractivity contribution in [2.24, 2.45) is 5.92 Å². The molecule has 2 nitrogen and oxygen atoms in total. The van der Waals surface area contributed by atoms with Gasteiger partial charge in [0.1, 0.15) is 0 Å². The summed E-state index contributed by atoms with van der Waals surface area (Å²) in [4.78, 5) is 4.30. The van der Waals surface area contributed by atoms with Crippen molar-refractivity contribution in [3.63, 3.8) is 0 Å². The minimum Gasteiger partial charge on any atom is -0.385 e. The normalized spacial score (nSPS) is 10.9. The van der Waals surface area contributed by atoms with Gasteiger partial charge in [-0.2, -0.15) is 0 Å². The Kier molecular flexibility index (Phi) is 3.40. The molecular formula is C14H18N2. The van der Waals surface area contributed by atoms with Crippen molar-refractivity contribution in [2.75, 3.05) is 11.9 Å². The van der Waals surface area contributed by atoms with Gasteiger partial charge in [-0.3, -0.25) is 4.98 Å². The summed E-state index contributed by atoms with van der Waals surface area (Å²) in [6.45, 7) is 5.52. The average Bonchev–Trinajstić information content (AvgIpc) is 2.28. The summed E-state index contributed by atoms with van der Waals surface area (Å²) in [5.41, 5.74) is 2.23. The molecule has 84 valence electrons. The maximum absolute atomic E-state index is 4.30. The van der Waals surface area contributed by atoms with E-state index in [1.807, 2.05) is 12.3 Å². The number of aromatic nitrogens is 1. The highest BCUT2D eigenvalue weighted by Crippen LogP contribution is 2.17. The predicted octanol–water partition coefficient (Wildman–Crippen LogP) is 3.69. The summed E-state index contributed by atoms with van der Waals surface area (Å²) < 4.78 is 0. The van der Waals surface area contributed by atoms with Crippen LogP contribution >= 0.6 is 0 Å². The van der Waals surface area contributed by atoms with Gasteiger partial charge in [0, 0.05) is 23.8 Å². The van der Waals surface area contributed by atoms with Crippen LogP contribution in [0.15, 0.2) is 36.5 Å².